The van der Waals surface area contributed by atoms with E-state index in [9.17, 15) is 9.90 Å². The first-order valence-electron chi connectivity index (χ1n) is 8.01. The Morgan fingerprint density at radius 1 is 1.35 bits per heavy atom. The van der Waals surface area contributed by atoms with Gasteiger partial charge in [-0.2, -0.15) is 5.10 Å². The summed E-state index contributed by atoms with van der Waals surface area (Å²) in [4.78, 5) is 12.1. The fraction of sp³-hybridized carbons (Fsp3) is 0.444. The Balaban J connectivity index is 1.83. The van der Waals surface area contributed by atoms with Crippen LogP contribution in [0.4, 0.5) is 0 Å². The quantitative estimate of drug-likeness (QED) is 0.782. The van der Waals surface area contributed by atoms with Gasteiger partial charge >= 0.3 is 0 Å². The molecule has 23 heavy (non-hydrogen) atoms. The molecule has 0 aliphatic heterocycles. The summed E-state index contributed by atoms with van der Waals surface area (Å²) in [6, 6.07) is 9.99. The lowest BCUT2D eigenvalue weighted by Gasteiger charge is -2.17. The van der Waals surface area contributed by atoms with Crippen LogP contribution in [-0.4, -0.2) is 33.9 Å². The number of hydrogen-bond acceptors (Lipinski definition) is 3. The largest absolute Gasteiger partial charge is 0.396 e. The average Bonchev–Trinajstić information content (AvgIpc) is 2.88. The number of benzene rings is 1. The van der Waals surface area contributed by atoms with Gasteiger partial charge in [-0.25, -0.2) is 0 Å². The molecule has 2 rings (SSSR count). The van der Waals surface area contributed by atoms with Gasteiger partial charge in [0.15, 0.2) is 0 Å². The van der Waals surface area contributed by atoms with Crippen molar-refractivity contribution < 1.29 is 9.90 Å². The molecule has 1 amide bonds. The minimum Gasteiger partial charge on any atom is -0.396 e. The number of amides is 1. The number of hydrogen-bond donors (Lipinski definition) is 2. The minimum atomic E-state index is 0.0344. The zero-order chi connectivity index (χ0) is 16.7. The predicted molar refractivity (Wildman–Crippen MR) is 90.2 cm³/mol. The van der Waals surface area contributed by atoms with Gasteiger partial charge in [-0.15, -0.1) is 0 Å². The standard InChI is InChI=1S/C18H25N3O2/c1-14-17(13-21(2)20-14)8-9-18(23)19-12-16(10-11-22)15-6-4-3-5-7-15/h3-7,13,16,22H,8-12H2,1-2H3,(H,19,23). The van der Waals surface area contributed by atoms with E-state index in [0.29, 0.717) is 25.8 Å². The summed E-state index contributed by atoms with van der Waals surface area (Å²) < 4.78 is 1.77. The number of aliphatic hydroxyl groups excluding tert-OH is 1. The topological polar surface area (TPSA) is 67.2 Å². The van der Waals surface area contributed by atoms with E-state index in [-0.39, 0.29) is 18.4 Å². The highest BCUT2D eigenvalue weighted by Gasteiger charge is 2.13. The third-order valence-electron chi connectivity index (χ3n) is 4.03. The molecule has 124 valence electrons. The molecule has 1 atom stereocenters. The molecule has 0 bridgehead atoms. The van der Waals surface area contributed by atoms with Gasteiger partial charge in [-0.1, -0.05) is 30.3 Å². The second kappa shape index (κ2) is 8.48. The summed E-state index contributed by atoms with van der Waals surface area (Å²) in [6.07, 6.45) is 3.75. The summed E-state index contributed by atoms with van der Waals surface area (Å²) in [7, 11) is 1.88. The van der Waals surface area contributed by atoms with Crippen molar-refractivity contribution in [2.45, 2.75) is 32.1 Å². The van der Waals surface area contributed by atoms with Crippen LogP contribution in [0.25, 0.3) is 0 Å². The fourth-order valence-corrected chi connectivity index (χ4v) is 2.74. The van der Waals surface area contributed by atoms with Gasteiger partial charge in [0, 0.05) is 38.7 Å². The van der Waals surface area contributed by atoms with E-state index in [1.165, 1.54) is 0 Å². The van der Waals surface area contributed by atoms with Crippen LogP contribution in [-0.2, 0) is 18.3 Å². The number of nitrogens with zero attached hydrogens (tertiary/aromatic N) is 2. The van der Waals surface area contributed by atoms with Crippen LogP contribution < -0.4 is 5.32 Å². The predicted octanol–water partition coefficient (Wildman–Crippen LogP) is 1.94. The van der Waals surface area contributed by atoms with Gasteiger partial charge in [-0.05, 0) is 30.9 Å². The molecule has 0 saturated carbocycles. The third kappa shape index (κ3) is 5.21. The van der Waals surface area contributed by atoms with Crippen LogP contribution in [0.2, 0.25) is 0 Å². The van der Waals surface area contributed by atoms with Crippen LogP contribution in [0.3, 0.4) is 0 Å². The molecular weight excluding hydrogens is 290 g/mol. The van der Waals surface area contributed by atoms with Crippen LogP contribution in [0.1, 0.15) is 35.6 Å². The number of carbonyl (C=O) groups is 1. The Hall–Kier alpha value is -2.14. The van der Waals surface area contributed by atoms with Gasteiger partial charge in [0.05, 0.1) is 5.69 Å². The van der Waals surface area contributed by atoms with Crippen molar-refractivity contribution >= 4 is 5.91 Å². The Kier molecular flexibility index (Phi) is 6.35. The molecule has 1 aromatic heterocycles. The Morgan fingerprint density at radius 2 is 2.09 bits per heavy atom. The number of aromatic nitrogens is 2. The van der Waals surface area contributed by atoms with Crippen molar-refractivity contribution in [3.8, 4) is 0 Å². The summed E-state index contributed by atoms with van der Waals surface area (Å²) in [6.45, 7) is 2.62. The summed E-state index contributed by atoms with van der Waals surface area (Å²) in [5, 5.41) is 16.5. The molecule has 5 nitrogen and oxygen atoms in total. The second-order valence-corrected chi connectivity index (χ2v) is 5.84. The molecule has 2 aromatic rings. The Bertz CT molecular complexity index is 622. The van der Waals surface area contributed by atoms with Crippen LogP contribution >= 0.6 is 0 Å². The van der Waals surface area contributed by atoms with Gasteiger partial charge in [-0.3, -0.25) is 9.48 Å². The minimum absolute atomic E-state index is 0.0344. The molecule has 0 aliphatic carbocycles. The zero-order valence-electron chi connectivity index (χ0n) is 13.8. The van der Waals surface area contributed by atoms with Crippen LogP contribution in [0.5, 0.6) is 0 Å². The van der Waals surface area contributed by atoms with Crippen molar-refractivity contribution in [3.63, 3.8) is 0 Å². The molecule has 0 saturated heterocycles. The Labute approximate surface area is 137 Å². The molecular formula is C18H25N3O2. The van der Waals surface area contributed by atoms with E-state index in [1.807, 2.05) is 50.5 Å². The normalized spacial score (nSPS) is 12.1. The summed E-state index contributed by atoms with van der Waals surface area (Å²) >= 11 is 0. The SMILES string of the molecule is Cc1nn(C)cc1CCC(=O)NCC(CCO)c1ccccc1. The van der Waals surface area contributed by atoms with Crippen molar-refractivity contribution in [1.29, 1.82) is 0 Å². The van der Waals surface area contributed by atoms with E-state index >= 15 is 0 Å². The van der Waals surface area contributed by atoms with E-state index in [1.54, 1.807) is 4.68 Å². The van der Waals surface area contributed by atoms with Gasteiger partial charge in [0.1, 0.15) is 0 Å². The lowest BCUT2D eigenvalue weighted by molar-refractivity contribution is -0.121. The van der Waals surface area contributed by atoms with E-state index < -0.39 is 0 Å². The maximum atomic E-state index is 12.1. The number of nitrogens with one attached hydrogen (secondary N) is 1. The van der Waals surface area contributed by atoms with E-state index in [4.69, 9.17) is 0 Å². The fourth-order valence-electron chi connectivity index (χ4n) is 2.74. The number of carbonyl (C=O) groups excluding carboxylic acids is 1. The third-order valence-corrected chi connectivity index (χ3v) is 4.03. The van der Waals surface area contributed by atoms with Crippen molar-refractivity contribution in [2.75, 3.05) is 13.2 Å². The van der Waals surface area contributed by atoms with Crippen molar-refractivity contribution in [1.82, 2.24) is 15.1 Å². The van der Waals surface area contributed by atoms with Gasteiger partial charge in [0.2, 0.25) is 5.91 Å². The highest BCUT2D eigenvalue weighted by molar-refractivity contribution is 5.76. The molecule has 0 aliphatic rings. The lowest BCUT2D eigenvalue weighted by atomic mass is 9.96. The molecule has 0 spiro atoms. The molecule has 1 heterocycles. The highest BCUT2D eigenvalue weighted by atomic mass is 16.3. The molecule has 2 N–H and O–H groups in total. The number of aliphatic hydroxyl groups is 1. The second-order valence-electron chi connectivity index (χ2n) is 5.84. The molecule has 0 fully saturated rings. The van der Waals surface area contributed by atoms with Crippen LogP contribution in [0.15, 0.2) is 36.5 Å². The first-order chi connectivity index (χ1) is 11.1. The van der Waals surface area contributed by atoms with E-state index in [2.05, 4.69) is 10.4 Å². The molecule has 5 heteroatoms. The monoisotopic (exact) mass is 315 g/mol. The Morgan fingerprint density at radius 3 is 2.70 bits per heavy atom. The lowest BCUT2D eigenvalue weighted by Crippen LogP contribution is -2.29. The van der Waals surface area contributed by atoms with Gasteiger partial charge < -0.3 is 10.4 Å². The van der Waals surface area contributed by atoms with E-state index in [0.717, 1.165) is 16.8 Å². The number of rotatable bonds is 8. The average molecular weight is 315 g/mol. The molecule has 1 unspecified atom stereocenters. The maximum Gasteiger partial charge on any atom is 0.220 e. The van der Waals surface area contributed by atoms with Crippen molar-refractivity contribution in [3.05, 3.63) is 53.3 Å². The summed E-state index contributed by atoms with van der Waals surface area (Å²) in [5.41, 5.74) is 3.23. The summed E-state index contributed by atoms with van der Waals surface area (Å²) in [5.74, 6) is 0.178. The maximum absolute atomic E-state index is 12.1. The highest BCUT2D eigenvalue weighted by Crippen LogP contribution is 2.18. The van der Waals surface area contributed by atoms with Crippen molar-refractivity contribution in [2.24, 2.45) is 7.05 Å². The molecule has 0 radical (unpaired) electrons. The number of aryl methyl sites for hydroxylation is 3. The van der Waals surface area contributed by atoms with Crippen LogP contribution in [0, 0.1) is 6.92 Å². The first-order valence-corrected chi connectivity index (χ1v) is 8.01. The first kappa shape index (κ1) is 17.2. The smallest absolute Gasteiger partial charge is 0.220 e. The zero-order valence-corrected chi connectivity index (χ0v) is 13.8. The molecule has 1 aromatic carbocycles. The van der Waals surface area contributed by atoms with Gasteiger partial charge in [0.25, 0.3) is 0 Å².